The summed E-state index contributed by atoms with van der Waals surface area (Å²) in [6.45, 7) is 1.11. The molecule has 3 aromatic rings. The zero-order valence-electron chi connectivity index (χ0n) is 10.9. The summed E-state index contributed by atoms with van der Waals surface area (Å²) in [6.07, 6.45) is 0. The first kappa shape index (κ1) is 11.4. The van der Waals surface area contributed by atoms with E-state index in [9.17, 15) is 0 Å². The number of hydrogen-bond acceptors (Lipinski definition) is 3. The topological polar surface area (TPSA) is 39.9 Å². The van der Waals surface area contributed by atoms with Gasteiger partial charge in [0.15, 0.2) is 0 Å². The SMILES string of the molecule is c1ccc(-n2nnc3c2-c2ccccc2COC3)cc1. The van der Waals surface area contributed by atoms with Gasteiger partial charge in [-0.2, -0.15) is 0 Å². The summed E-state index contributed by atoms with van der Waals surface area (Å²) in [7, 11) is 0. The predicted octanol–water partition coefficient (Wildman–Crippen LogP) is 2.96. The summed E-state index contributed by atoms with van der Waals surface area (Å²) in [5, 5.41) is 8.58. The number of fused-ring (bicyclic) bond motifs is 3. The second-order valence-corrected chi connectivity index (χ2v) is 4.78. The van der Waals surface area contributed by atoms with Crippen molar-refractivity contribution < 1.29 is 4.74 Å². The molecule has 4 nitrogen and oxygen atoms in total. The second-order valence-electron chi connectivity index (χ2n) is 4.78. The lowest BCUT2D eigenvalue weighted by Crippen LogP contribution is -2.00. The van der Waals surface area contributed by atoms with Crippen molar-refractivity contribution in [1.82, 2.24) is 15.0 Å². The summed E-state index contributed by atoms with van der Waals surface area (Å²) in [4.78, 5) is 0. The Morgan fingerprint density at radius 1 is 0.900 bits per heavy atom. The minimum absolute atomic E-state index is 0.497. The molecule has 0 atom stereocenters. The lowest BCUT2D eigenvalue weighted by molar-refractivity contribution is 0.107. The van der Waals surface area contributed by atoms with Gasteiger partial charge in [0.1, 0.15) is 11.4 Å². The van der Waals surface area contributed by atoms with Crippen molar-refractivity contribution in [3.05, 3.63) is 65.9 Å². The van der Waals surface area contributed by atoms with Crippen molar-refractivity contribution in [3.63, 3.8) is 0 Å². The molecule has 98 valence electrons. The number of benzene rings is 2. The van der Waals surface area contributed by atoms with Crippen LogP contribution in [0.3, 0.4) is 0 Å². The van der Waals surface area contributed by atoms with Crippen LogP contribution in [0.5, 0.6) is 0 Å². The first-order valence-electron chi connectivity index (χ1n) is 6.59. The average molecular weight is 263 g/mol. The molecule has 0 saturated carbocycles. The molecule has 1 aliphatic heterocycles. The van der Waals surface area contributed by atoms with Gasteiger partial charge >= 0.3 is 0 Å². The van der Waals surface area contributed by atoms with Gasteiger partial charge in [0.25, 0.3) is 0 Å². The molecular weight excluding hydrogens is 250 g/mol. The largest absolute Gasteiger partial charge is 0.370 e. The highest BCUT2D eigenvalue weighted by Crippen LogP contribution is 2.31. The highest BCUT2D eigenvalue weighted by molar-refractivity contribution is 5.68. The van der Waals surface area contributed by atoms with Crippen LogP contribution in [-0.2, 0) is 18.0 Å². The van der Waals surface area contributed by atoms with E-state index >= 15 is 0 Å². The fraction of sp³-hybridized carbons (Fsp3) is 0.125. The molecular formula is C16H13N3O. The maximum Gasteiger partial charge on any atom is 0.117 e. The fourth-order valence-corrected chi connectivity index (χ4v) is 2.56. The molecule has 2 aromatic carbocycles. The van der Waals surface area contributed by atoms with Crippen LogP contribution in [0, 0.1) is 0 Å². The lowest BCUT2D eigenvalue weighted by atomic mass is 10.0. The Bertz CT molecular complexity index is 749. The first-order valence-corrected chi connectivity index (χ1v) is 6.59. The van der Waals surface area contributed by atoms with E-state index < -0.39 is 0 Å². The van der Waals surface area contributed by atoms with E-state index in [0.717, 1.165) is 22.6 Å². The molecule has 0 unspecified atom stereocenters. The molecule has 0 spiro atoms. The summed E-state index contributed by atoms with van der Waals surface area (Å²) in [5.74, 6) is 0. The number of nitrogens with zero attached hydrogens (tertiary/aromatic N) is 3. The molecule has 1 aromatic heterocycles. The van der Waals surface area contributed by atoms with Crippen LogP contribution in [0.25, 0.3) is 16.9 Å². The van der Waals surface area contributed by atoms with E-state index in [4.69, 9.17) is 4.74 Å². The summed E-state index contributed by atoms with van der Waals surface area (Å²) >= 11 is 0. The van der Waals surface area contributed by atoms with Gasteiger partial charge in [0, 0.05) is 5.56 Å². The van der Waals surface area contributed by atoms with Crippen molar-refractivity contribution in [3.8, 4) is 16.9 Å². The highest BCUT2D eigenvalue weighted by Gasteiger charge is 2.21. The lowest BCUT2D eigenvalue weighted by Gasteiger charge is -2.09. The van der Waals surface area contributed by atoms with E-state index in [1.54, 1.807) is 0 Å². The first-order chi connectivity index (χ1) is 9.93. The van der Waals surface area contributed by atoms with Gasteiger partial charge in [-0.3, -0.25) is 0 Å². The predicted molar refractivity (Wildman–Crippen MR) is 75.3 cm³/mol. The zero-order chi connectivity index (χ0) is 13.4. The molecule has 0 N–H and O–H groups in total. The number of hydrogen-bond donors (Lipinski definition) is 0. The van der Waals surface area contributed by atoms with Crippen LogP contribution in [0.2, 0.25) is 0 Å². The smallest absolute Gasteiger partial charge is 0.117 e. The van der Waals surface area contributed by atoms with Crippen LogP contribution < -0.4 is 0 Å². The Labute approximate surface area is 116 Å². The molecule has 4 rings (SSSR count). The Hall–Kier alpha value is -2.46. The van der Waals surface area contributed by atoms with Gasteiger partial charge in [-0.25, -0.2) is 4.68 Å². The molecule has 0 amide bonds. The molecule has 0 saturated heterocycles. The Kier molecular flexibility index (Phi) is 2.60. The monoisotopic (exact) mass is 263 g/mol. The Morgan fingerprint density at radius 2 is 1.70 bits per heavy atom. The summed E-state index contributed by atoms with van der Waals surface area (Å²) in [5.41, 5.74) is 5.25. The Morgan fingerprint density at radius 3 is 2.60 bits per heavy atom. The molecule has 0 aliphatic carbocycles. The van der Waals surface area contributed by atoms with E-state index in [2.05, 4.69) is 22.4 Å². The van der Waals surface area contributed by atoms with Gasteiger partial charge in [-0.15, -0.1) is 5.10 Å². The highest BCUT2D eigenvalue weighted by atomic mass is 16.5. The van der Waals surface area contributed by atoms with Crippen LogP contribution in [0.4, 0.5) is 0 Å². The number of ether oxygens (including phenoxy) is 1. The van der Waals surface area contributed by atoms with Crippen molar-refractivity contribution >= 4 is 0 Å². The van der Waals surface area contributed by atoms with Gasteiger partial charge in [0.2, 0.25) is 0 Å². The van der Waals surface area contributed by atoms with Gasteiger partial charge in [0.05, 0.1) is 18.9 Å². The number of aromatic nitrogens is 3. The van der Waals surface area contributed by atoms with Crippen LogP contribution in [0.1, 0.15) is 11.3 Å². The molecule has 0 bridgehead atoms. The maximum atomic E-state index is 5.68. The van der Waals surface area contributed by atoms with E-state index in [1.807, 2.05) is 47.1 Å². The normalized spacial score (nSPS) is 13.4. The summed E-state index contributed by atoms with van der Waals surface area (Å²) in [6, 6.07) is 18.3. The van der Waals surface area contributed by atoms with Crippen LogP contribution in [0.15, 0.2) is 54.6 Å². The third kappa shape index (κ3) is 1.73. The minimum atomic E-state index is 0.497. The van der Waals surface area contributed by atoms with E-state index in [0.29, 0.717) is 13.2 Å². The van der Waals surface area contributed by atoms with E-state index in [1.165, 1.54) is 5.56 Å². The van der Waals surface area contributed by atoms with Gasteiger partial charge in [-0.1, -0.05) is 47.7 Å². The average Bonchev–Trinajstić information content (AvgIpc) is 2.84. The fourth-order valence-electron chi connectivity index (χ4n) is 2.56. The maximum absolute atomic E-state index is 5.68. The van der Waals surface area contributed by atoms with Crippen molar-refractivity contribution in [2.75, 3.05) is 0 Å². The van der Waals surface area contributed by atoms with Crippen LogP contribution >= 0.6 is 0 Å². The van der Waals surface area contributed by atoms with Crippen molar-refractivity contribution in [2.45, 2.75) is 13.2 Å². The van der Waals surface area contributed by atoms with Crippen molar-refractivity contribution in [2.24, 2.45) is 0 Å². The Balaban J connectivity index is 1.98. The quantitative estimate of drug-likeness (QED) is 0.677. The molecule has 20 heavy (non-hydrogen) atoms. The summed E-state index contributed by atoms with van der Waals surface area (Å²) < 4.78 is 7.57. The minimum Gasteiger partial charge on any atom is -0.370 e. The second kappa shape index (κ2) is 4.58. The third-order valence-electron chi connectivity index (χ3n) is 3.51. The zero-order valence-corrected chi connectivity index (χ0v) is 10.9. The molecule has 2 heterocycles. The number of rotatable bonds is 1. The van der Waals surface area contributed by atoms with Gasteiger partial charge < -0.3 is 4.74 Å². The van der Waals surface area contributed by atoms with Gasteiger partial charge in [-0.05, 0) is 17.7 Å². The molecule has 1 aliphatic rings. The molecule has 0 fully saturated rings. The molecule has 4 heteroatoms. The van der Waals surface area contributed by atoms with Crippen LogP contribution in [-0.4, -0.2) is 15.0 Å². The molecule has 0 radical (unpaired) electrons. The van der Waals surface area contributed by atoms with Crippen molar-refractivity contribution in [1.29, 1.82) is 0 Å². The number of para-hydroxylation sites is 1. The standard InChI is InChI=1S/C16H13N3O/c1-2-7-13(8-3-1)19-16-14-9-5-4-6-12(14)10-20-11-15(16)17-18-19/h1-9H,10-11H2. The van der Waals surface area contributed by atoms with E-state index in [-0.39, 0.29) is 0 Å². The third-order valence-corrected chi connectivity index (χ3v) is 3.51.